The van der Waals surface area contributed by atoms with Gasteiger partial charge in [0.05, 0.1) is 10.7 Å². The van der Waals surface area contributed by atoms with Crippen molar-refractivity contribution in [3.63, 3.8) is 0 Å². The second-order valence-electron chi connectivity index (χ2n) is 2.14. The van der Waals surface area contributed by atoms with Gasteiger partial charge in [0, 0.05) is 6.07 Å². The molecule has 0 fully saturated rings. The number of anilines is 1. The Bertz CT molecular complexity index is 265. The smallest absolute Gasteiger partial charge is 0.154 e. The van der Waals surface area contributed by atoms with Crippen molar-refractivity contribution < 1.29 is 4.55 Å². The van der Waals surface area contributed by atoms with Crippen LogP contribution in [-0.2, 0) is 11.2 Å². The molecule has 2 N–H and O–H groups in total. The molecule has 0 aliphatic heterocycles. The lowest BCUT2D eigenvalue weighted by atomic mass is 10.3. The first-order valence-corrected chi connectivity index (χ1v) is 4.93. The van der Waals surface area contributed by atoms with E-state index >= 15 is 0 Å². The summed E-state index contributed by atoms with van der Waals surface area (Å²) in [5, 5.41) is 0.499. The maximum absolute atomic E-state index is 10.9. The number of benzene rings is 1. The lowest BCUT2D eigenvalue weighted by molar-refractivity contribution is 0.601. The van der Waals surface area contributed by atoms with Crippen LogP contribution in [0.4, 0.5) is 5.69 Å². The number of nitrogen functional groups attached to an aromatic ring is 1. The summed E-state index contributed by atoms with van der Waals surface area (Å²) < 4.78 is 10.9. The van der Waals surface area contributed by atoms with Crippen LogP contribution in [0.2, 0.25) is 5.02 Å². The highest BCUT2D eigenvalue weighted by atomic mass is 35.5. The van der Waals surface area contributed by atoms with Crippen molar-refractivity contribution in [1.82, 2.24) is 0 Å². The van der Waals surface area contributed by atoms with Crippen molar-refractivity contribution >= 4 is 28.5 Å². The van der Waals surface area contributed by atoms with E-state index in [0.29, 0.717) is 15.6 Å². The summed E-state index contributed by atoms with van der Waals surface area (Å²) in [5.74, 6) is 0. The van der Waals surface area contributed by atoms with Gasteiger partial charge in [-0.3, -0.25) is 0 Å². The Hall–Kier alpha value is -0.380. The SMILES string of the molecule is C[S+]([O-])c1ccc(Cl)c(N)c1. The molecule has 0 amide bonds. The zero-order chi connectivity index (χ0) is 8.43. The number of rotatable bonds is 1. The second-order valence-corrected chi connectivity index (χ2v) is 3.92. The van der Waals surface area contributed by atoms with Gasteiger partial charge in [-0.05, 0) is 23.3 Å². The van der Waals surface area contributed by atoms with Crippen molar-refractivity contribution in [1.29, 1.82) is 0 Å². The van der Waals surface area contributed by atoms with Gasteiger partial charge in [-0.2, -0.15) is 0 Å². The van der Waals surface area contributed by atoms with Crippen LogP contribution >= 0.6 is 11.6 Å². The Morgan fingerprint density at radius 3 is 2.64 bits per heavy atom. The maximum atomic E-state index is 10.9. The third kappa shape index (κ3) is 2.02. The lowest BCUT2D eigenvalue weighted by Gasteiger charge is -2.04. The predicted molar refractivity (Wildman–Crippen MR) is 48.2 cm³/mol. The molecular weight excluding hydrogens is 182 g/mol. The molecular formula is C7H8ClNOS. The zero-order valence-electron chi connectivity index (χ0n) is 6.00. The number of halogens is 1. The fourth-order valence-electron chi connectivity index (χ4n) is 0.701. The minimum Gasteiger partial charge on any atom is -0.612 e. The third-order valence-electron chi connectivity index (χ3n) is 1.30. The molecule has 0 aliphatic carbocycles. The fraction of sp³-hybridized carbons (Fsp3) is 0.143. The van der Waals surface area contributed by atoms with Crippen LogP contribution < -0.4 is 5.73 Å². The fourth-order valence-corrected chi connectivity index (χ4v) is 1.37. The number of hydrogen-bond donors (Lipinski definition) is 1. The highest BCUT2D eigenvalue weighted by Gasteiger charge is 2.05. The largest absolute Gasteiger partial charge is 0.612 e. The van der Waals surface area contributed by atoms with Crippen molar-refractivity contribution in [3.8, 4) is 0 Å². The van der Waals surface area contributed by atoms with E-state index in [9.17, 15) is 4.55 Å². The number of nitrogens with two attached hydrogens (primary N) is 1. The first kappa shape index (κ1) is 8.71. The summed E-state index contributed by atoms with van der Waals surface area (Å²) in [6.45, 7) is 0. The lowest BCUT2D eigenvalue weighted by Crippen LogP contribution is -1.98. The van der Waals surface area contributed by atoms with E-state index in [2.05, 4.69) is 0 Å². The van der Waals surface area contributed by atoms with E-state index in [4.69, 9.17) is 17.3 Å². The van der Waals surface area contributed by atoms with Crippen LogP contribution in [0, 0.1) is 0 Å². The molecule has 0 spiro atoms. The predicted octanol–water partition coefficient (Wildman–Crippen LogP) is 1.66. The van der Waals surface area contributed by atoms with Crippen LogP contribution in [0.5, 0.6) is 0 Å². The van der Waals surface area contributed by atoms with Gasteiger partial charge in [0.2, 0.25) is 0 Å². The molecule has 1 aromatic rings. The van der Waals surface area contributed by atoms with Gasteiger partial charge in [-0.1, -0.05) is 11.6 Å². The monoisotopic (exact) mass is 189 g/mol. The van der Waals surface area contributed by atoms with E-state index < -0.39 is 11.2 Å². The Morgan fingerprint density at radius 1 is 1.55 bits per heavy atom. The average molecular weight is 190 g/mol. The summed E-state index contributed by atoms with van der Waals surface area (Å²) in [6, 6.07) is 4.97. The van der Waals surface area contributed by atoms with Gasteiger partial charge >= 0.3 is 0 Å². The third-order valence-corrected chi connectivity index (χ3v) is 2.56. The molecule has 0 heterocycles. The minimum atomic E-state index is -0.986. The molecule has 4 heteroatoms. The van der Waals surface area contributed by atoms with Gasteiger partial charge < -0.3 is 10.3 Å². The molecule has 0 saturated carbocycles. The van der Waals surface area contributed by atoms with E-state index in [1.165, 1.54) is 0 Å². The molecule has 60 valence electrons. The Labute approximate surface area is 73.5 Å². The molecule has 0 radical (unpaired) electrons. The van der Waals surface area contributed by atoms with Crippen molar-refractivity contribution in [2.75, 3.05) is 12.0 Å². The van der Waals surface area contributed by atoms with Gasteiger partial charge in [0.15, 0.2) is 4.90 Å². The van der Waals surface area contributed by atoms with E-state index in [1.54, 1.807) is 24.5 Å². The topological polar surface area (TPSA) is 49.1 Å². The zero-order valence-corrected chi connectivity index (χ0v) is 7.58. The van der Waals surface area contributed by atoms with Crippen LogP contribution in [0.3, 0.4) is 0 Å². The maximum Gasteiger partial charge on any atom is 0.154 e. The summed E-state index contributed by atoms with van der Waals surface area (Å²) in [6.07, 6.45) is 1.60. The molecule has 0 aliphatic rings. The quantitative estimate of drug-likeness (QED) is 0.540. The summed E-state index contributed by atoms with van der Waals surface area (Å²) in [7, 11) is 0. The molecule has 1 atom stereocenters. The van der Waals surface area contributed by atoms with Crippen molar-refractivity contribution in [2.45, 2.75) is 4.90 Å². The first-order valence-electron chi connectivity index (χ1n) is 2.99. The van der Waals surface area contributed by atoms with Crippen LogP contribution in [0.1, 0.15) is 0 Å². The van der Waals surface area contributed by atoms with Gasteiger partial charge in [-0.15, -0.1) is 0 Å². The van der Waals surface area contributed by atoms with E-state index in [-0.39, 0.29) is 0 Å². The normalized spacial score (nSPS) is 13.0. The molecule has 1 rings (SSSR count). The molecule has 11 heavy (non-hydrogen) atoms. The molecule has 2 nitrogen and oxygen atoms in total. The Kier molecular flexibility index (Phi) is 2.65. The van der Waals surface area contributed by atoms with Crippen LogP contribution in [0.25, 0.3) is 0 Å². The summed E-state index contributed by atoms with van der Waals surface area (Å²) in [5.41, 5.74) is 5.96. The Morgan fingerprint density at radius 2 is 2.18 bits per heavy atom. The highest BCUT2D eigenvalue weighted by molar-refractivity contribution is 7.90. The first-order chi connectivity index (χ1) is 5.11. The number of hydrogen-bond acceptors (Lipinski definition) is 2. The van der Waals surface area contributed by atoms with Gasteiger partial charge in [-0.25, -0.2) is 0 Å². The van der Waals surface area contributed by atoms with Crippen molar-refractivity contribution in [2.24, 2.45) is 0 Å². The molecule has 0 saturated heterocycles. The average Bonchev–Trinajstić information content (AvgIpc) is 1.94. The van der Waals surface area contributed by atoms with Crippen molar-refractivity contribution in [3.05, 3.63) is 23.2 Å². The summed E-state index contributed by atoms with van der Waals surface area (Å²) >= 11 is 4.68. The standard InChI is InChI=1S/C7H8ClNOS/c1-11(10)5-2-3-6(8)7(9)4-5/h2-4H,9H2,1H3. The van der Waals surface area contributed by atoms with E-state index in [1.807, 2.05) is 0 Å². The second kappa shape index (κ2) is 3.34. The van der Waals surface area contributed by atoms with E-state index in [0.717, 1.165) is 0 Å². The minimum absolute atomic E-state index is 0.472. The molecule has 1 aromatic carbocycles. The van der Waals surface area contributed by atoms with Crippen LogP contribution in [-0.4, -0.2) is 10.8 Å². The molecule has 0 bridgehead atoms. The molecule has 1 unspecified atom stereocenters. The Balaban J connectivity index is 3.05. The van der Waals surface area contributed by atoms with Crippen LogP contribution in [0.15, 0.2) is 23.1 Å². The van der Waals surface area contributed by atoms with Gasteiger partial charge in [0.25, 0.3) is 0 Å². The molecule has 0 aromatic heterocycles. The summed E-state index contributed by atoms with van der Waals surface area (Å²) in [4.78, 5) is 0.701. The van der Waals surface area contributed by atoms with Gasteiger partial charge in [0.1, 0.15) is 6.26 Å². The highest BCUT2D eigenvalue weighted by Crippen LogP contribution is 2.21.